The van der Waals surface area contributed by atoms with E-state index in [2.05, 4.69) is 22.5 Å². The molecule has 2 aromatic rings. The van der Waals surface area contributed by atoms with Gasteiger partial charge in [0, 0.05) is 24.0 Å². The topological polar surface area (TPSA) is 54.5 Å². The van der Waals surface area contributed by atoms with Crippen LogP contribution in [-0.2, 0) is 4.79 Å². The van der Waals surface area contributed by atoms with Gasteiger partial charge in [0.05, 0.1) is 11.4 Å². The smallest absolute Gasteiger partial charge is 0.262 e. The van der Waals surface area contributed by atoms with Crippen molar-refractivity contribution in [1.29, 1.82) is 0 Å². The van der Waals surface area contributed by atoms with Gasteiger partial charge in [-0.3, -0.25) is 4.79 Å². The van der Waals surface area contributed by atoms with Crippen LogP contribution in [0.15, 0.2) is 23.6 Å². The first-order valence-electron chi connectivity index (χ1n) is 7.96. The van der Waals surface area contributed by atoms with E-state index in [0.717, 1.165) is 41.1 Å². The summed E-state index contributed by atoms with van der Waals surface area (Å²) in [4.78, 5) is 18.6. The summed E-state index contributed by atoms with van der Waals surface area (Å²) in [7, 11) is 0. The summed E-state index contributed by atoms with van der Waals surface area (Å²) in [5.41, 5.74) is 2.67. The minimum absolute atomic E-state index is 0.0837. The number of carbonyl (C=O) groups is 1. The first-order chi connectivity index (χ1) is 11.2. The van der Waals surface area contributed by atoms with Gasteiger partial charge in [-0.25, -0.2) is 4.98 Å². The van der Waals surface area contributed by atoms with Gasteiger partial charge < -0.3 is 15.0 Å². The molecule has 0 saturated carbocycles. The third kappa shape index (κ3) is 2.91. The standard InChI is InChI=1S/C17H19N3O2S/c1-11-3-2-6-20(8-11)17-19-14(10-23-17)12-4-5-15-13(7-12)18-16(21)9-22-15/h4-5,7,10-11H,2-3,6,8-9H2,1H3,(H,18,21)/t11-/m1/s1. The van der Waals surface area contributed by atoms with Gasteiger partial charge in [-0.2, -0.15) is 0 Å². The summed E-state index contributed by atoms with van der Waals surface area (Å²) >= 11 is 1.69. The maximum absolute atomic E-state index is 11.5. The minimum Gasteiger partial charge on any atom is -0.482 e. The maximum Gasteiger partial charge on any atom is 0.262 e. The van der Waals surface area contributed by atoms with Gasteiger partial charge >= 0.3 is 0 Å². The van der Waals surface area contributed by atoms with Gasteiger partial charge in [0.25, 0.3) is 5.91 Å². The fraction of sp³-hybridized carbons (Fsp3) is 0.412. The third-order valence-corrected chi connectivity index (χ3v) is 5.23. The van der Waals surface area contributed by atoms with Crippen molar-refractivity contribution in [3.8, 4) is 17.0 Å². The van der Waals surface area contributed by atoms with Crippen molar-refractivity contribution < 1.29 is 9.53 Å². The normalized spacial score (nSPS) is 20.7. The summed E-state index contributed by atoms with van der Waals surface area (Å²) in [6.07, 6.45) is 2.54. The molecule has 0 unspecified atom stereocenters. The number of amides is 1. The first kappa shape index (κ1) is 14.5. The summed E-state index contributed by atoms with van der Waals surface area (Å²) < 4.78 is 5.40. The minimum atomic E-state index is -0.115. The van der Waals surface area contributed by atoms with Crippen molar-refractivity contribution in [3.05, 3.63) is 23.6 Å². The second-order valence-electron chi connectivity index (χ2n) is 6.26. The SMILES string of the molecule is C[C@@H]1CCCN(c2nc(-c3ccc4c(c3)NC(=O)CO4)cs2)C1. The van der Waals surface area contributed by atoms with Crippen LogP contribution in [0.25, 0.3) is 11.3 Å². The molecular formula is C17H19N3O2S. The monoisotopic (exact) mass is 329 g/mol. The Bertz CT molecular complexity index is 743. The van der Waals surface area contributed by atoms with E-state index in [1.165, 1.54) is 12.8 Å². The number of hydrogen-bond acceptors (Lipinski definition) is 5. The Labute approximate surface area is 139 Å². The molecule has 4 rings (SSSR count). The summed E-state index contributed by atoms with van der Waals surface area (Å²) in [6.45, 7) is 4.56. The van der Waals surface area contributed by atoms with Crippen molar-refractivity contribution in [2.24, 2.45) is 5.92 Å². The van der Waals surface area contributed by atoms with Gasteiger partial charge in [-0.15, -0.1) is 11.3 Å². The number of carbonyl (C=O) groups excluding carboxylic acids is 1. The lowest BCUT2D eigenvalue weighted by Crippen LogP contribution is -2.34. The van der Waals surface area contributed by atoms with Crippen LogP contribution >= 0.6 is 11.3 Å². The van der Waals surface area contributed by atoms with Crippen LogP contribution in [0.5, 0.6) is 5.75 Å². The van der Waals surface area contributed by atoms with E-state index < -0.39 is 0 Å². The molecule has 1 fully saturated rings. The zero-order valence-electron chi connectivity index (χ0n) is 13.0. The molecule has 0 radical (unpaired) electrons. The van der Waals surface area contributed by atoms with Gasteiger partial charge in [-0.05, 0) is 37.0 Å². The molecule has 2 aliphatic heterocycles. The molecule has 6 heteroatoms. The molecule has 0 aliphatic carbocycles. The van der Waals surface area contributed by atoms with E-state index in [4.69, 9.17) is 9.72 Å². The Kier molecular flexibility index (Phi) is 3.69. The van der Waals surface area contributed by atoms with Crippen molar-refractivity contribution in [2.45, 2.75) is 19.8 Å². The maximum atomic E-state index is 11.5. The highest BCUT2D eigenvalue weighted by molar-refractivity contribution is 7.14. The van der Waals surface area contributed by atoms with Crippen LogP contribution < -0.4 is 15.0 Å². The molecule has 120 valence electrons. The number of rotatable bonds is 2. The number of aromatic nitrogens is 1. The van der Waals surface area contributed by atoms with Crippen LogP contribution in [-0.4, -0.2) is 30.6 Å². The Morgan fingerprint density at radius 3 is 3.22 bits per heavy atom. The average molecular weight is 329 g/mol. The van der Waals surface area contributed by atoms with E-state index >= 15 is 0 Å². The largest absolute Gasteiger partial charge is 0.482 e. The average Bonchev–Trinajstić information content (AvgIpc) is 3.04. The van der Waals surface area contributed by atoms with Crippen LogP contribution in [0, 0.1) is 5.92 Å². The molecule has 0 spiro atoms. The van der Waals surface area contributed by atoms with Crippen molar-refractivity contribution in [1.82, 2.24) is 4.98 Å². The fourth-order valence-electron chi connectivity index (χ4n) is 3.15. The number of ether oxygens (including phenoxy) is 1. The van der Waals surface area contributed by atoms with Gasteiger partial charge in [-0.1, -0.05) is 6.92 Å². The van der Waals surface area contributed by atoms with Gasteiger partial charge in [0.15, 0.2) is 11.7 Å². The van der Waals surface area contributed by atoms with Crippen LogP contribution in [0.3, 0.4) is 0 Å². The first-order valence-corrected chi connectivity index (χ1v) is 8.84. The number of piperidine rings is 1. The zero-order chi connectivity index (χ0) is 15.8. The van der Waals surface area contributed by atoms with E-state index in [9.17, 15) is 4.79 Å². The quantitative estimate of drug-likeness (QED) is 0.918. The highest BCUT2D eigenvalue weighted by atomic mass is 32.1. The van der Waals surface area contributed by atoms with E-state index in [1.54, 1.807) is 11.3 Å². The highest BCUT2D eigenvalue weighted by Gasteiger charge is 2.20. The molecule has 23 heavy (non-hydrogen) atoms. The Hall–Kier alpha value is -2.08. The molecule has 1 saturated heterocycles. The summed E-state index contributed by atoms with van der Waals surface area (Å²) in [5.74, 6) is 1.33. The van der Waals surface area contributed by atoms with Crippen molar-refractivity contribution >= 4 is 28.1 Å². The molecular weight excluding hydrogens is 310 g/mol. The van der Waals surface area contributed by atoms with Crippen LogP contribution in [0.1, 0.15) is 19.8 Å². The van der Waals surface area contributed by atoms with Crippen LogP contribution in [0.4, 0.5) is 10.8 Å². The number of fused-ring (bicyclic) bond motifs is 1. The number of nitrogens with one attached hydrogen (secondary N) is 1. The van der Waals surface area contributed by atoms with E-state index in [1.807, 2.05) is 18.2 Å². The number of hydrogen-bond donors (Lipinski definition) is 1. The second kappa shape index (κ2) is 5.85. The summed E-state index contributed by atoms with van der Waals surface area (Å²) in [6, 6.07) is 5.82. The van der Waals surface area contributed by atoms with Crippen LogP contribution in [0.2, 0.25) is 0 Å². The van der Waals surface area contributed by atoms with Crippen molar-refractivity contribution in [3.63, 3.8) is 0 Å². The Morgan fingerprint density at radius 2 is 2.35 bits per heavy atom. The van der Waals surface area contributed by atoms with E-state index in [-0.39, 0.29) is 12.5 Å². The predicted octanol–water partition coefficient (Wildman–Crippen LogP) is 3.38. The molecule has 1 aromatic carbocycles. The molecule has 2 aliphatic rings. The molecule has 1 atom stereocenters. The highest BCUT2D eigenvalue weighted by Crippen LogP contribution is 2.35. The molecule has 1 amide bonds. The lowest BCUT2D eigenvalue weighted by Gasteiger charge is -2.30. The fourth-order valence-corrected chi connectivity index (χ4v) is 4.02. The number of nitrogens with zero attached hydrogens (tertiary/aromatic N) is 2. The second-order valence-corrected chi connectivity index (χ2v) is 7.09. The molecule has 1 aromatic heterocycles. The van der Waals surface area contributed by atoms with Gasteiger partial charge in [0.1, 0.15) is 5.75 Å². The third-order valence-electron chi connectivity index (χ3n) is 4.33. The Balaban J connectivity index is 1.59. The number of anilines is 2. The molecule has 0 bridgehead atoms. The van der Waals surface area contributed by atoms with E-state index in [0.29, 0.717) is 5.75 Å². The molecule has 5 nitrogen and oxygen atoms in total. The Morgan fingerprint density at radius 1 is 1.43 bits per heavy atom. The summed E-state index contributed by atoms with van der Waals surface area (Å²) in [5, 5.41) is 6.02. The number of benzene rings is 1. The zero-order valence-corrected chi connectivity index (χ0v) is 13.9. The lowest BCUT2D eigenvalue weighted by atomic mass is 10.0. The molecule has 1 N–H and O–H groups in total. The predicted molar refractivity (Wildman–Crippen MR) is 92.3 cm³/mol. The number of thiazole rings is 1. The van der Waals surface area contributed by atoms with Gasteiger partial charge in [0.2, 0.25) is 0 Å². The lowest BCUT2D eigenvalue weighted by molar-refractivity contribution is -0.118. The van der Waals surface area contributed by atoms with Crippen molar-refractivity contribution in [2.75, 3.05) is 29.9 Å². The molecule has 3 heterocycles.